The third-order valence-corrected chi connectivity index (χ3v) is 1.65. The quantitative estimate of drug-likeness (QED) is 0.566. The van der Waals surface area contributed by atoms with Crippen LogP contribution in [-0.4, -0.2) is 43.8 Å². The van der Waals surface area contributed by atoms with Crippen LogP contribution in [-0.2, 0) is 0 Å². The van der Waals surface area contributed by atoms with Crippen LogP contribution in [0.1, 0.15) is 0 Å². The molecule has 0 atom stereocenters. The molecular formula is C8H11NaO2S. The van der Waals surface area contributed by atoms with Crippen LogP contribution < -0.4 is 9.47 Å². The first-order chi connectivity index (χ1) is 5.27. The van der Waals surface area contributed by atoms with Crippen LogP contribution in [0, 0.1) is 0 Å². The van der Waals surface area contributed by atoms with Gasteiger partial charge in [-0.15, -0.1) is 12.6 Å². The van der Waals surface area contributed by atoms with Crippen molar-refractivity contribution >= 4 is 42.2 Å². The number of hydrogen-bond acceptors (Lipinski definition) is 3. The molecule has 12 heavy (non-hydrogen) atoms. The Morgan fingerprint density at radius 1 is 1.08 bits per heavy atom. The summed E-state index contributed by atoms with van der Waals surface area (Å²) in [6.45, 7) is 0. The number of ether oxygens (including phenoxy) is 2. The zero-order chi connectivity index (χ0) is 8.27. The second-order valence-electron chi connectivity index (χ2n) is 2.04. The van der Waals surface area contributed by atoms with Crippen LogP contribution in [0.4, 0.5) is 0 Å². The van der Waals surface area contributed by atoms with Gasteiger partial charge in [-0.1, -0.05) is 0 Å². The van der Waals surface area contributed by atoms with Gasteiger partial charge in [-0.2, -0.15) is 0 Å². The number of hydrogen-bond donors (Lipinski definition) is 1. The number of methoxy groups -OCH3 is 2. The predicted molar refractivity (Wildman–Crippen MR) is 53.9 cm³/mol. The summed E-state index contributed by atoms with van der Waals surface area (Å²) in [5, 5.41) is 0. The number of rotatable bonds is 2. The Bertz CT molecular complexity index is 253. The molecule has 0 N–H and O–H groups in total. The van der Waals surface area contributed by atoms with E-state index in [1.54, 1.807) is 14.2 Å². The summed E-state index contributed by atoms with van der Waals surface area (Å²) < 4.78 is 10.1. The Kier molecular flexibility index (Phi) is 5.84. The van der Waals surface area contributed by atoms with E-state index in [0.717, 1.165) is 10.6 Å². The van der Waals surface area contributed by atoms with Gasteiger partial charge < -0.3 is 9.47 Å². The summed E-state index contributed by atoms with van der Waals surface area (Å²) in [5.41, 5.74) is 0. The summed E-state index contributed by atoms with van der Waals surface area (Å²) in [5.74, 6) is 1.44. The van der Waals surface area contributed by atoms with Crippen LogP contribution in [0.15, 0.2) is 23.1 Å². The Morgan fingerprint density at radius 2 is 1.67 bits per heavy atom. The number of thiol groups is 1. The molecule has 0 aliphatic rings. The number of benzene rings is 1. The molecule has 0 bridgehead atoms. The third-order valence-electron chi connectivity index (χ3n) is 1.37. The first-order valence-corrected chi connectivity index (χ1v) is 3.63. The topological polar surface area (TPSA) is 18.5 Å². The molecule has 4 heteroatoms. The molecule has 1 aromatic carbocycles. The van der Waals surface area contributed by atoms with Crippen LogP contribution in [0.2, 0.25) is 0 Å². The first-order valence-electron chi connectivity index (χ1n) is 3.19. The van der Waals surface area contributed by atoms with Crippen molar-refractivity contribution in [2.45, 2.75) is 4.90 Å². The maximum atomic E-state index is 5.04. The molecule has 0 radical (unpaired) electrons. The molecule has 0 aromatic heterocycles. The molecule has 0 heterocycles. The van der Waals surface area contributed by atoms with Crippen LogP contribution in [0.25, 0.3) is 0 Å². The zero-order valence-corrected chi connectivity index (χ0v) is 7.39. The molecule has 2 nitrogen and oxygen atoms in total. The summed E-state index contributed by atoms with van der Waals surface area (Å²) in [7, 11) is 3.21. The van der Waals surface area contributed by atoms with Crippen molar-refractivity contribution in [1.82, 2.24) is 0 Å². The van der Waals surface area contributed by atoms with Gasteiger partial charge in [0.2, 0.25) is 0 Å². The Labute approximate surface area is 100.0 Å². The molecule has 62 valence electrons. The van der Waals surface area contributed by atoms with E-state index >= 15 is 0 Å². The Morgan fingerprint density at radius 3 is 2.17 bits per heavy atom. The summed E-state index contributed by atoms with van der Waals surface area (Å²) in [4.78, 5) is 0.864. The van der Waals surface area contributed by atoms with Gasteiger partial charge in [0.25, 0.3) is 0 Å². The second-order valence-corrected chi connectivity index (χ2v) is 2.56. The van der Waals surface area contributed by atoms with Crippen LogP contribution in [0.5, 0.6) is 11.5 Å². The zero-order valence-electron chi connectivity index (χ0n) is 6.50. The molecule has 0 fully saturated rings. The summed E-state index contributed by atoms with van der Waals surface area (Å²) in [6, 6.07) is 5.48. The van der Waals surface area contributed by atoms with Gasteiger partial charge in [0.05, 0.1) is 14.2 Å². The molecule has 0 aliphatic heterocycles. The van der Waals surface area contributed by atoms with Crippen LogP contribution >= 0.6 is 12.6 Å². The fraction of sp³-hybridized carbons (Fsp3) is 0.250. The van der Waals surface area contributed by atoms with Crippen molar-refractivity contribution in [3.63, 3.8) is 0 Å². The molecule has 0 aliphatic carbocycles. The second kappa shape index (κ2) is 5.75. The third kappa shape index (κ3) is 2.90. The fourth-order valence-electron chi connectivity index (χ4n) is 0.825. The Hall–Kier alpha value is 0.170. The van der Waals surface area contributed by atoms with Crippen molar-refractivity contribution in [3.05, 3.63) is 18.2 Å². The SMILES string of the molecule is COc1ccc(S)cc1OC.[NaH]. The van der Waals surface area contributed by atoms with E-state index in [1.807, 2.05) is 18.2 Å². The van der Waals surface area contributed by atoms with E-state index in [1.165, 1.54) is 0 Å². The maximum absolute atomic E-state index is 5.04. The molecule has 0 unspecified atom stereocenters. The van der Waals surface area contributed by atoms with Gasteiger partial charge in [-0.25, -0.2) is 0 Å². The molecule has 0 spiro atoms. The average molecular weight is 194 g/mol. The van der Waals surface area contributed by atoms with Crippen molar-refractivity contribution < 1.29 is 9.47 Å². The predicted octanol–water partition coefficient (Wildman–Crippen LogP) is 1.34. The van der Waals surface area contributed by atoms with E-state index in [2.05, 4.69) is 12.6 Å². The summed E-state index contributed by atoms with van der Waals surface area (Å²) >= 11 is 4.16. The molecule has 0 saturated heterocycles. The minimum atomic E-state index is 0. The van der Waals surface area contributed by atoms with Gasteiger partial charge in [0.15, 0.2) is 11.5 Å². The molecule has 1 rings (SSSR count). The molecule has 0 amide bonds. The van der Waals surface area contributed by atoms with E-state index in [9.17, 15) is 0 Å². The monoisotopic (exact) mass is 194 g/mol. The van der Waals surface area contributed by atoms with Gasteiger partial charge in [-0.3, -0.25) is 0 Å². The van der Waals surface area contributed by atoms with Crippen molar-refractivity contribution in [2.75, 3.05) is 14.2 Å². The van der Waals surface area contributed by atoms with Crippen molar-refractivity contribution in [2.24, 2.45) is 0 Å². The molecule has 1 aromatic rings. The fourth-order valence-corrected chi connectivity index (χ4v) is 1.02. The van der Waals surface area contributed by atoms with Gasteiger partial charge in [0, 0.05) is 4.90 Å². The Balaban J connectivity index is 0.00000121. The average Bonchev–Trinajstić information content (AvgIpc) is 2.04. The van der Waals surface area contributed by atoms with E-state index in [-0.39, 0.29) is 29.6 Å². The van der Waals surface area contributed by atoms with Crippen molar-refractivity contribution in [1.29, 1.82) is 0 Å². The normalized spacial score (nSPS) is 8.58. The molecule has 0 saturated carbocycles. The molecular weight excluding hydrogens is 183 g/mol. The van der Waals surface area contributed by atoms with Gasteiger partial charge in [0.1, 0.15) is 0 Å². The summed E-state index contributed by atoms with van der Waals surface area (Å²) in [6.07, 6.45) is 0. The van der Waals surface area contributed by atoms with Gasteiger partial charge >= 0.3 is 29.6 Å². The van der Waals surface area contributed by atoms with Gasteiger partial charge in [-0.05, 0) is 18.2 Å². The first kappa shape index (κ1) is 12.2. The van der Waals surface area contributed by atoms with Crippen molar-refractivity contribution in [3.8, 4) is 11.5 Å². The minimum absolute atomic E-state index is 0. The van der Waals surface area contributed by atoms with E-state index in [4.69, 9.17) is 9.47 Å². The van der Waals surface area contributed by atoms with Crippen LogP contribution in [0.3, 0.4) is 0 Å². The van der Waals surface area contributed by atoms with E-state index in [0.29, 0.717) is 5.75 Å². The standard InChI is InChI=1S/C8H10O2S.Na.H/c1-9-7-4-3-6(11)5-8(7)10-2;;/h3-5,11H,1-2H3;;. The van der Waals surface area contributed by atoms with E-state index < -0.39 is 0 Å².